The van der Waals surface area contributed by atoms with Crippen molar-refractivity contribution in [3.05, 3.63) is 34.9 Å². The zero-order valence-electron chi connectivity index (χ0n) is 11.0. The summed E-state index contributed by atoms with van der Waals surface area (Å²) in [7, 11) is 1.96. The van der Waals surface area contributed by atoms with Crippen LogP contribution in [0.1, 0.15) is 37.4 Å². The number of nitrogens with one attached hydrogen (secondary N) is 1. The summed E-state index contributed by atoms with van der Waals surface area (Å²) >= 11 is 5.91. The van der Waals surface area contributed by atoms with Crippen LogP contribution in [0.2, 0.25) is 5.02 Å². The van der Waals surface area contributed by atoms with Gasteiger partial charge in [0.15, 0.2) is 0 Å². The molecule has 0 radical (unpaired) electrons. The third-order valence-corrected chi connectivity index (χ3v) is 3.95. The molecule has 2 rings (SSSR count). The van der Waals surface area contributed by atoms with Gasteiger partial charge in [-0.15, -0.1) is 0 Å². The van der Waals surface area contributed by atoms with Crippen LogP contribution in [-0.4, -0.2) is 20.2 Å². The molecule has 1 aliphatic rings. The smallest absolute Gasteiger partial charge is 0.0949 e. The number of halogens is 1. The van der Waals surface area contributed by atoms with Gasteiger partial charge in [-0.25, -0.2) is 0 Å². The van der Waals surface area contributed by atoms with Gasteiger partial charge in [0.2, 0.25) is 0 Å². The van der Waals surface area contributed by atoms with Crippen molar-refractivity contribution in [3.63, 3.8) is 0 Å². The van der Waals surface area contributed by atoms with E-state index in [0.29, 0.717) is 0 Å². The molecule has 1 atom stereocenters. The van der Waals surface area contributed by atoms with Crippen molar-refractivity contribution >= 4 is 11.6 Å². The molecule has 1 fully saturated rings. The van der Waals surface area contributed by atoms with Gasteiger partial charge in [-0.1, -0.05) is 43.0 Å². The number of benzene rings is 1. The molecule has 0 spiro atoms. The molecule has 2 nitrogen and oxygen atoms in total. The van der Waals surface area contributed by atoms with Crippen molar-refractivity contribution in [2.75, 3.05) is 20.2 Å². The Bertz CT molecular complexity index is 348. The van der Waals surface area contributed by atoms with E-state index in [1.807, 2.05) is 31.3 Å². The van der Waals surface area contributed by atoms with Crippen molar-refractivity contribution in [2.45, 2.75) is 31.8 Å². The van der Waals surface area contributed by atoms with Crippen LogP contribution in [0.5, 0.6) is 0 Å². The largest absolute Gasteiger partial charge is 0.372 e. The second-order valence-corrected chi connectivity index (χ2v) is 5.49. The van der Waals surface area contributed by atoms with Crippen molar-refractivity contribution < 1.29 is 4.74 Å². The van der Waals surface area contributed by atoms with Gasteiger partial charge in [-0.05, 0) is 37.1 Å². The fourth-order valence-electron chi connectivity index (χ4n) is 2.29. The molecule has 0 saturated heterocycles. The van der Waals surface area contributed by atoms with E-state index >= 15 is 0 Å². The number of hydrogen-bond donors (Lipinski definition) is 1. The average molecular weight is 268 g/mol. The first kappa shape index (κ1) is 13.9. The lowest BCUT2D eigenvalue weighted by atomic mass is 9.83. The SMILES string of the molecule is CNCC(OCCC1CCC1)c1ccc(Cl)cc1. The highest BCUT2D eigenvalue weighted by atomic mass is 35.5. The van der Waals surface area contributed by atoms with E-state index < -0.39 is 0 Å². The number of likely N-dealkylation sites (N-methyl/N-ethyl adjacent to an activating group) is 1. The molecular formula is C15H22ClNO. The van der Waals surface area contributed by atoms with Gasteiger partial charge < -0.3 is 10.1 Å². The summed E-state index contributed by atoms with van der Waals surface area (Å²) in [6.45, 7) is 1.70. The first-order valence-corrected chi connectivity index (χ1v) is 7.19. The molecule has 1 aliphatic carbocycles. The molecule has 0 amide bonds. The van der Waals surface area contributed by atoms with Crippen LogP contribution in [0, 0.1) is 5.92 Å². The lowest BCUT2D eigenvalue weighted by Gasteiger charge is -2.26. The maximum atomic E-state index is 6.01. The molecule has 100 valence electrons. The monoisotopic (exact) mass is 267 g/mol. The van der Waals surface area contributed by atoms with Crippen molar-refractivity contribution in [3.8, 4) is 0 Å². The van der Waals surface area contributed by atoms with Gasteiger partial charge in [-0.3, -0.25) is 0 Å². The van der Waals surface area contributed by atoms with Crippen LogP contribution >= 0.6 is 11.6 Å². The fraction of sp³-hybridized carbons (Fsp3) is 0.600. The topological polar surface area (TPSA) is 21.3 Å². The molecule has 1 saturated carbocycles. The fourth-order valence-corrected chi connectivity index (χ4v) is 2.42. The van der Waals surface area contributed by atoms with E-state index in [0.717, 1.165) is 24.1 Å². The zero-order chi connectivity index (χ0) is 12.8. The molecule has 0 aromatic heterocycles. The minimum atomic E-state index is 0.132. The Morgan fingerprint density at radius 3 is 2.61 bits per heavy atom. The van der Waals surface area contributed by atoms with E-state index in [4.69, 9.17) is 16.3 Å². The van der Waals surface area contributed by atoms with Gasteiger partial charge >= 0.3 is 0 Å². The summed E-state index contributed by atoms with van der Waals surface area (Å²) < 4.78 is 6.01. The minimum absolute atomic E-state index is 0.132. The van der Waals surface area contributed by atoms with Crippen molar-refractivity contribution in [2.24, 2.45) is 5.92 Å². The molecular weight excluding hydrogens is 246 g/mol. The quantitative estimate of drug-likeness (QED) is 0.811. The maximum absolute atomic E-state index is 6.01. The van der Waals surface area contributed by atoms with Crippen LogP contribution in [0.25, 0.3) is 0 Å². The van der Waals surface area contributed by atoms with Gasteiger partial charge in [0.25, 0.3) is 0 Å². The standard InChI is InChI=1S/C15H22ClNO/c1-17-11-15(13-5-7-14(16)8-6-13)18-10-9-12-3-2-4-12/h5-8,12,15,17H,2-4,9-11H2,1H3. The predicted octanol–water partition coefficient (Wildman–Crippen LogP) is 3.81. The van der Waals surface area contributed by atoms with E-state index in [2.05, 4.69) is 5.32 Å². The van der Waals surface area contributed by atoms with Crippen molar-refractivity contribution in [1.82, 2.24) is 5.32 Å². The molecule has 0 heterocycles. The maximum Gasteiger partial charge on any atom is 0.0949 e. The van der Waals surface area contributed by atoms with Gasteiger partial charge in [0, 0.05) is 18.2 Å². The van der Waals surface area contributed by atoms with Crippen LogP contribution in [-0.2, 0) is 4.74 Å². The predicted molar refractivity (Wildman–Crippen MR) is 76.0 cm³/mol. The van der Waals surface area contributed by atoms with E-state index in [1.54, 1.807) is 0 Å². The lowest BCUT2D eigenvalue weighted by molar-refractivity contribution is 0.0383. The second-order valence-electron chi connectivity index (χ2n) is 5.05. The van der Waals surface area contributed by atoms with Gasteiger partial charge in [0.05, 0.1) is 6.10 Å². The van der Waals surface area contributed by atoms with Crippen LogP contribution in [0.3, 0.4) is 0 Å². The first-order valence-electron chi connectivity index (χ1n) is 6.81. The van der Waals surface area contributed by atoms with Crippen LogP contribution in [0.15, 0.2) is 24.3 Å². The summed E-state index contributed by atoms with van der Waals surface area (Å²) in [4.78, 5) is 0. The first-order chi connectivity index (χ1) is 8.79. The molecule has 1 aromatic rings. The zero-order valence-corrected chi connectivity index (χ0v) is 11.7. The third-order valence-electron chi connectivity index (χ3n) is 3.70. The Hall–Kier alpha value is -0.570. The minimum Gasteiger partial charge on any atom is -0.372 e. The van der Waals surface area contributed by atoms with E-state index in [-0.39, 0.29) is 6.10 Å². The second kappa shape index (κ2) is 7.13. The van der Waals surface area contributed by atoms with Crippen LogP contribution < -0.4 is 5.32 Å². The number of hydrogen-bond acceptors (Lipinski definition) is 2. The summed E-state index contributed by atoms with van der Waals surface area (Å²) in [5, 5.41) is 3.96. The Morgan fingerprint density at radius 1 is 1.33 bits per heavy atom. The summed E-state index contributed by atoms with van der Waals surface area (Å²) in [5.74, 6) is 0.908. The van der Waals surface area contributed by atoms with Gasteiger partial charge in [0.1, 0.15) is 0 Å². The lowest BCUT2D eigenvalue weighted by Crippen LogP contribution is -2.21. The van der Waals surface area contributed by atoms with Crippen LogP contribution in [0.4, 0.5) is 0 Å². The average Bonchev–Trinajstić information content (AvgIpc) is 2.32. The Labute approximate surface area is 115 Å². The van der Waals surface area contributed by atoms with Crippen molar-refractivity contribution in [1.29, 1.82) is 0 Å². The number of rotatable bonds is 7. The third kappa shape index (κ3) is 3.98. The molecule has 1 aromatic carbocycles. The summed E-state index contributed by atoms with van der Waals surface area (Å²) in [6, 6.07) is 7.95. The Kier molecular flexibility index (Phi) is 5.48. The normalized spacial score (nSPS) is 17.4. The Morgan fingerprint density at radius 2 is 2.06 bits per heavy atom. The molecule has 0 aliphatic heterocycles. The van der Waals surface area contributed by atoms with Gasteiger partial charge in [-0.2, -0.15) is 0 Å². The highest BCUT2D eigenvalue weighted by molar-refractivity contribution is 6.30. The van der Waals surface area contributed by atoms with E-state index in [9.17, 15) is 0 Å². The highest BCUT2D eigenvalue weighted by Gasteiger charge is 2.18. The summed E-state index contributed by atoms with van der Waals surface area (Å²) in [5.41, 5.74) is 1.20. The molecule has 1 unspecified atom stereocenters. The Balaban J connectivity index is 1.83. The highest BCUT2D eigenvalue weighted by Crippen LogP contribution is 2.30. The molecule has 0 bridgehead atoms. The molecule has 18 heavy (non-hydrogen) atoms. The molecule has 3 heteroatoms. The number of ether oxygens (including phenoxy) is 1. The molecule has 1 N–H and O–H groups in total. The van der Waals surface area contributed by atoms with E-state index in [1.165, 1.54) is 31.2 Å². The summed E-state index contributed by atoms with van der Waals surface area (Å²) in [6.07, 6.45) is 5.52.